The highest BCUT2D eigenvalue weighted by atomic mass is 35.5. The van der Waals surface area contributed by atoms with Crippen molar-refractivity contribution in [3.05, 3.63) is 34.2 Å². The van der Waals surface area contributed by atoms with E-state index in [1.54, 1.807) is 0 Å². The summed E-state index contributed by atoms with van der Waals surface area (Å²) < 4.78 is 13.3. The number of hydrogen-bond acceptors (Lipinski definition) is 2. The number of nitrogens with zero attached hydrogens (tertiary/aromatic N) is 1. The predicted molar refractivity (Wildman–Crippen MR) is 65.2 cm³/mol. The number of aryl methyl sites for hydroxylation is 1. The van der Waals surface area contributed by atoms with E-state index in [2.05, 4.69) is 4.98 Å². The molecule has 0 atom stereocenters. The Labute approximate surface area is 98.2 Å². The molecule has 1 aromatic carbocycles. The van der Waals surface area contributed by atoms with Gasteiger partial charge >= 0.3 is 0 Å². The third kappa shape index (κ3) is 1.61. The minimum atomic E-state index is -0.466. The van der Waals surface area contributed by atoms with Crippen LogP contribution in [0.3, 0.4) is 0 Å². The third-order valence-corrected chi connectivity index (χ3v) is 3.05. The number of pyridine rings is 1. The summed E-state index contributed by atoms with van der Waals surface area (Å²) in [7, 11) is 0. The lowest BCUT2D eigenvalue weighted by molar-refractivity contribution is 0.629. The van der Waals surface area contributed by atoms with Gasteiger partial charge in [0.05, 0.1) is 10.5 Å². The summed E-state index contributed by atoms with van der Waals surface area (Å²) >= 11 is 5.73. The Kier molecular flexibility index (Phi) is 2.72. The summed E-state index contributed by atoms with van der Waals surface area (Å²) in [6, 6.07) is 2.85. The lowest BCUT2D eigenvalue weighted by Crippen LogP contribution is -2.00. The highest BCUT2D eigenvalue weighted by Crippen LogP contribution is 2.29. The van der Waals surface area contributed by atoms with Gasteiger partial charge in [-0.3, -0.25) is 4.98 Å². The van der Waals surface area contributed by atoms with Gasteiger partial charge in [0.15, 0.2) is 0 Å². The van der Waals surface area contributed by atoms with Crippen LogP contribution in [0.2, 0.25) is 5.02 Å². The highest BCUT2D eigenvalue weighted by molar-refractivity contribution is 6.31. The average Bonchev–Trinajstić information content (AvgIpc) is 2.26. The van der Waals surface area contributed by atoms with Gasteiger partial charge in [-0.05, 0) is 25.0 Å². The quantitative estimate of drug-likeness (QED) is 0.826. The Hall–Kier alpha value is -1.35. The van der Waals surface area contributed by atoms with Crippen molar-refractivity contribution in [3.8, 4) is 0 Å². The molecule has 2 N–H and O–H groups in total. The van der Waals surface area contributed by atoms with Crippen LogP contribution in [0, 0.1) is 12.7 Å². The molecule has 0 aliphatic rings. The zero-order valence-electron chi connectivity index (χ0n) is 9.14. The van der Waals surface area contributed by atoms with Crippen LogP contribution in [0.5, 0.6) is 0 Å². The lowest BCUT2D eigenvalue weighted by Gasteiger charge is -2.10. The predicted octanol–water partition coefficient (Wildman–Crippen LogP) is 3.48. The number of benzene rings is 1. The Balaban J connectivity index is 2.87. The van der Waals surface area contributed by atoms with Crippen LogP contribution >= 0.6 is 11.6 Å². The smallest absolute Gasteiger partial charge is 0.143 e. The molecule has 16 heavy (non-hydrogen) atoms. The molecule has 2 aromatic rings. The maximum absolute atomic E-state index is 13.3. The molecule has 1 aromatic heterocycles. The molecule has 4 heteroatoms. The van der Waals surface area contributed by atoms with E-state index in [4.69, 9.17) is 17.3 Å². The second kappa shape index (κ2) is 3.91. The topological polar surface area (TPSA) is 38.9 Å². The van der Waals surface area contributed by atoms with Crippen LogP contribution in [0.15, 0.2) is 12.1 Å². The van der Waals surface area contributed by atoms with Crippen molar-refractivity contribution >= 4 is 28.2 Å². The molecule has 0 saturated heterocycles. The van der Waals surface area contributed by atoms with Gasteiger partial charge in [0.2, 0.25) is 0 Å². The van der Waals surface area contributed by atoms with Crippen molar-refractivity contribution in [1.82, 2.24) is 4.98 Å². The number of halogens is 2. The normalized spacial score (nSPS) is 11.0. The van der Waals surface area contributed by atoms with E-state index in [0.29, 0.717) is 16.6 Å². The maximum atomic E-state index is 13.3. The Morgan fingerprint density at radius 2 is 2.12 bits per heavy atom. The zero-order chi connectivity index (χ0) is 11.9. The first kappa shape index (κ1) is 11.1. The largest absolute Gasteiger partial charge is 0.398 e. The number of anilines is 1. The zero-order valence-corrected chi connectivity index (χ0v) is 9.90. The van der Waals surface area contributed by atoms with E-state index >= 15 is 0 Å². The maximum Gasteiger partial charge on any atom is 0.143 e. The van der Waals surface area contributed by atoms with E-state index in [1.807, 2.05) is 13.8 Å². The van der Waals surface area contributed by atoms with E-state index < -0.39 is 5.82 Å². The van der Waals surface area contributed by atoms with Crippen LogP contribution < -0.4 is 5.73 Å². The minimum Gasteiger partial charge on any atom is -0.398 e. The van der Waals surface area contributed by atoms with Crippen LogP contribution in [0.4, 0.5) is 10.1 Å². The van der Waals surface area contributed by atoms with Crippen molar-refractivity contribution in [2.75, 3.05) is 5.73 Å². The molecule has 2 nitrogen and oxygen atoms in total. The summed E-state index contributed by atoms with van der Waals surface area (Å²) in [5.41, 5.74) is 9.02. The number of nitrogens with two attached hydrogens (primary N) is 1. The molecule has 1 heterocycles. The molecule has 0 aliphatic carbocycles. The van der Waals surface area contributed by atoms with Gasteiger partial charge in [-0.2, -0.15) is 0 Å². The standard InChI is InChI=1S/C12H12ClFN2/c1-3-10-6(2)12(15)7-4-8(13)9(14)5-11(7)16-10/h4-5H,3H2,1-2H3,(H2,15,16). The fourth-order valence-electron chi connectivity index (χ4n) is 1.78. The van der Waals surface area contributed by atoms with E-state index in [0.717, 1.165) is 17.7 Å². The van der Waals surface area contributed by atoms with E-state index in [-0.39, 0.29) is 5.02 Å². The number of aromatic nitrogens is 1. The molecule has 0 saturated carbocycles. The second-order valence-electron chi connectivity index (χ2n) is 3.73. The summed E-state index contributed by atoms with van der Waals surface area (Å²) in [5, 5.41) is 0.783. The van der Waals surface area contributed by atoms with E-state index in [1.165, 1.54) is 12.1 Å². The van der Waals surface area contributed by atoms with Crippen LogP contribution in [-0.2, 0) is 6.42 Å². The van der Waals surface area contributed by atoms with Gasteiger partial charge in [-0.25, -0.2) is 4.39 Å². The molecule has 84 valence electrons. The molecule has 0 radical (unpaired) electrons. The Morgan fingerprint density at radius 3 is 2.75 bits per heavy atom. The fraction of sp³-hybridized carbons (Fsp3) is 0.250. The SMILES string of the molecule is CCc1nc2cc(F)c(Cl)cc2c(N)c1C. The van der Waals surface area contributed by atoms with Crippen LogP contribution in [0.25, 0.3) is 10.9 Å². The second-order valence-corrected chi connectivity index (χ2v) is 4.14. The van der Waals surface area contributed by atoms with Gasteiger partial charge in [-0.1, -0.05) is 18.5 Å². The van der Waals surface area contributed by atoms with Crippen LogP contribution in [-0.4, -0.2) is 4.98 Å². The summed E-state index contributed by atoms with van der Waals surface area (Å²) in [5.74, 6) is -0.466. The molecular weight excluding hydrogens is 227 g/mol. The van der Waals surface area contributed by atoms with Crippen molar-refractivity contribution < 1.29 is 4.39 Å². The molecule has 0 bridgehead atoms. The van der Waals surface area contributed by atoms with Crippen molar-refractivity contribution in [3.63, 3.8) is 0 Å². The van der Waals surface area contributed by atoms with Gasteiger partial charge in [-0.15, -0.1) is 0 Å². The molecule has 2 rings (SSSR count). The summed E-state index contributed by atoms with van der Waals surface area (Å²) in [4.78, 5) is 4.38. The molecule has 0 spiro atoms. The van der Waals surface area contributed by atoms with Gasteiger partial charge in [0, 0.05) is 22.8 Å². The summed E-state index contributed by atoms with van der Waals surface area (Å²) in [6.07, 6.45) is 0.774. The van der Waals surface area contributed by atoms with Gasteiger partial charge in [0.25, 0.3) is 0 Å². The number of fused-ring (bicyclic) bond motifs is 1. The number of rotatable bonds is 1. The van der Waals surface area contributed by atoms with Gasteiger partial charge in [0.1, 0.15) is 5.82 Å². The first-order valence-corrected chi connectivity index (χ1v) is 5.46. The van der Waals surface area contributed by atoms with Crippen molar-refractivity contribution in [1.29, 1.82) is 0 Å². The Bertz CT molecular complexity index is 567. The number of hydrogen-bond donors (Lipinski definition) is 1. The molecule has 0 fully saturated rings. The Morgan fingerprint density at radius 1 is 1.44 bits per heavy atom. The van der Waals surface area contributed by atoms with Crippen LogP contribution in [0.1, 0.15) is 18.2 Å². The molecule has 0 aliphatic heterocycles. The van der Waals surface area contributed by atoms with E-state index in [9.17, 15) is 4.39 Å². The average molecular weight is 239 g/mol. The lowest BCUT2D eigenvalue weighted by atomic mass is 10.1. The molecular formula is C12H12ClFN2. The van der Waals surface area contributed by atoms with Gasteiger partial charge < -0.3 is 5.73 Å². The van der Waals surface area contributed by atoms with Crippen molar-refractivity contribution in [2.45, 2.75) is 20.3 Å². The molecule has 0 unspecified atom stereocenters. The third-order valence-electron chi connectivity index (χ3n) is 2.76. The highest BCUT2D eigenvalue weighted by Gasteiger charge is 2.11. The first-order chi connectivity index (χ1) is 7.54. The summed E-state index contributed by atoms with van der Waals surface area (Å²) in [6.45, 7) is 3.91. The monoisotopic (exact) mass is 238 g/mol. The number of nitrogen functional groups attached to an aromatic ring is 1. The molecule has 0 amide bonds. The fourth-order valence-corrected chi connectivity index (χ4v) is 1.94. The first-order valence-electron chi connectivity index (χ1n) is 5.08. The van der Waals surface area contributed by atoms with Crippen molar-refractivity contribution in [2.24, 2.45) is 0 Å². The minimum absolute atomic E-state index is 0.0737.